The third-order valence-electron chi connectivity index (χ3n) is 1.79. The Bertz CT molecular complexity index is 432. The number of nitrogens with zero attached hydrogens (tertiary/aromatic N) is 1. The highest BCUT2D eigenvalue weighted by atomic mass is 35.5. The monoisotopic (exact) mass is 210 g/mol. The standard InChI is InChI=1S/C10H8ClFN2/c1-6(5-13)10(14)8-4-7(11)2-3-9(8)12/h2-4H,14H2,1H3/b10-6-. The summed E-state index contributed by atoms with van der Waals surface area (Å²) >= 11 is 5.68. The Morgan fingerprint density at radius 3 is 2.79 bits per heavy atom. The van der Waals surface area contributed by atoms with Crippen molar-refractivity contribution in [2.75, 3.05) is 0 Å². The van der Waals surface area contributed by atoms with Gasteiger partial charge in [-0.05, 0) is 25.1 Å². The number of halogens is 2. The molecule has 0 saturated heterocycles. The van der Waals surface area contributed by atoms with Crippen LogP contribution in [0.3, 0.4) is 0 Å². The molecule has 0 aliphatic heterocycles. The Kier molecular flexibility index (Phi) is 3.10. The molecule has 0 fully saturated rings. The number of hydrogen-bond donors (Lipinski definition) is 1. The molecule has 0 saturated carbocycles. The SMILES string of the molecule is C/C(C#N)=C(/N)c1cc(Cl)ccc1F. The summed E-state index contributed by atoms with van der Waals surface area (Å²) in [4.78, 5) is 0. The van der Waals surface area contributed by atoms with E-state index in [0.29, 0.717) is 5.02 Å². The van der Waals surface area contributed by atoms with Gasteiger partial charge in [0.15, 0.2) is 0 Å². The van der Waals surface area contributed by atoms with Gasteiger partial charge in [0.25, 0.3) is 0 Å². The minimum absolute atomic E-state index is 0.118. The van der Waals surface area contributed by atoms with Crippen LogP contribution in [0.15, 0.2) is 23.8 Å². The Morgan fingerprint density at radius 2 is 2.21 bits per heavy atom. The molecule has 4 heteroatoms. The zero-order chi connectivity index (χ0) is 10.7. The highest BCUT2D eigenvalue weighted by molar-refractivity contribution is 6.30. The molecule has 0 bridgehead atoms. The van der Waals surface area contributed by atoms with E-state index in [-0.39, 0.29) is 16.8 Å². The molecule has 2 nitrogen and oxygen atoms in total. The lowest BCUT2D eigenvalue weighted by atomic mass is 10.1. The second kappa shape index (κ2) is 4.12. The summed E-state index contributed by atoms with van der Waals surface area (Å²) in [5.41, 5.74) is 6.13. The minimum Gasteiger partial charge on any atom is -0.397 e. The quantitative estimate of drug-likeness (QED) is 0.725. The van der Waals surface area contributed by atoms with Crippen LogP contribution in [0.2, 0.25) is 5.02 Å². The average Bonchev–Trinajstić information content (AvgIpc) is 2.19. The van der Waals surface area contributed by atoms with E-state index in [2.05, 4.69) is 0 Å². The first-order valence-corrected chi connectivity index (χ1v) is 4.26. The lowest BCUT2D eigenvalue weighted by Crippen LogP contribution is -2.01. The lowest BCUT2D eigenvalue weighted by Gasteiger charge is -2.04. The molecule has 1 aromatic carbocycles. The molecular formula is C10H8ClFN2. The summed E-state index contributed by atoms with van der Waals surface area (Å²) < 4.78 is 13.2. The van der Waals surface area contributed by atoms with Crippen molar-refractivity contribution in [3.05, 3.63) is 40.2 Å². The molecule has 1 rings (SSSR count). The van der Waals surface area contributed by atoms with Crippen molar-refractivity contribution in [1.82, 2.24) is 0 Å². The van der Waals surface area contributed by atoms with Crippen LogP contribution in [0.1, 0.15) is 12.5 Å². The summed E-state index contributed by atoms with van der Waals surface area (Å²) in [6.07, 6.45) is 0. The lowest BCUT2D eigenvalue weighted by molar-refractivity contribution is 0.623. The fourth-order valence-corrected chi connectivity index (χ4v) is 1.14. The van der Waals surface area contributed by atoms with Crippen LogP contribution in [0.25, 0.3) is 5.70 Å². The summed E-state index contributed by atoms with van der Waals surface area (Å²) in [6, 6.07) is 5.89. The van der Waals surface area contributed by atoms with E-state index in [4.69, 9.17) is 22.6 Å². The van der Waals surface area contributed by atoms with Crippen LogP contribution in [-0.2, 0) is 0 Å². The van der Waals surface area contributed by atoms with Gasteiger partial charge in [0.05, 0.1) is 17.3 Å². The van der Waals surface area contributed by atoms with Crippen molar-refractivity contribution >= 4 is 17.3 Å². The molecule has 0 radical (unpaired) electrons. The minimum atomic E-state index is -0.485. The van der Waals surface area contributed by atoms with E-state index >= 15 is 0 Å². The molecule has 14 heavy (non-hydrogen) atoms. The van der Waals surface area contributed by atoms with Crippen LogP contribution >= 0.6 is 11.6 Å². The van der Waals surface area contributed by atoms with Crippen LogP contribution in [0.5, 0.6) is 0 Å². The summed E-state index contributed by atoms with van der Waals surface area (Å²) in [5.74, 6) is -0.485. The van der Waals surface area contributed by atoms with Crippen LogP contribution in [-0.4, -0.2) is 0 Å². The van der Waals surface area contributed by atoms with Crippen molar-refractivity contribution in [3.8, 4) is 6.07 Å². The summed E-state index contributed by atoms with van der Waals surface area (Å²) in [6.45, 7) is 1.52. The second-order valence-electron chi connectivity index (χ2n) is 2.77. The summed E-state index contributed by atoms with van der Waals surface area (Å²) in [5, 5.41) is 8.97. The number of nitriles is 1. The first-order chi connectivity index (χ1) is 6.56. The van der Waals surface area contributed by atoms with Gasteiger partial charge >= 0.3 is 0 Å². The zero-order valence-corrected chi connectivity index (χ0v) is 8.27. The fourth-order valence-electron chi connectivity index (χ4n) is 0.966. The average molecular weight is 211 g/mol. The Balaban J connectivity index is 3.34. The van der Waals surface area contributed by atoms with Gasteiger partial charge < -0.3 is 5.73 Å². The number of nitrogens with two attached hydrogens (primary N) is 1. The van der Waals surface area contributed by atoms with Gasteiger partial charge in [0.2, 0.25) is 0 Å². The molecule has 0 aromatic heterocycles. The predicted molar refractivity (Wildman–Crippen MR) is 53.8 cm³/mol. The molecule has 0 aliphatic rings. The van der Waals surface area contributed by atoms with Gasteiger partial charge in [0.1, 0.15) is 5.82 Å². The Labute approximate surface area is 86.4 Å². The predicted octanol–water partition coefficient (Wildman–Crippen LogP) is 2.69. The maximum Gasteiger partial charge on any atom is 0.132 e. The van der Waals surface area contributed by atoms with Gasteiger partial charge in [-0.2, -0.15) is 5.26 Å². The largest absolute Gasteiger partial charge is 0.397 e. The van der Waals surface area contributed by atoms with Crippen molar-refractivity contribution in [1.29, 1.82) is 5.26 Å². The summed E-state index contributed by atoms with van der Waals surface area (Å²) in [7, 11) is 0. The molecule has 0 atom stereocenters. The topological polar surface area (TPSA) is 49.8 Å². The second-order valence-corrected chi connectivity index (χ2v) is 3.21. The highest BCUT2D eigenvalue weighted by Gasteiger charge is 2.08. The number of allylic oxidation sites excluding steroid dienone is 1. The van der Waals surface area contributed by atoms with E-state index in [1.807, 2.05) is 6.07 Å². The van der Waals surface area contributed by atoms with Crippen molar-refractivity contribution in [2.45, 2.75) is 6.92 Å². The Hall–Kier alpha value is -1.53. The first kappa shape index (κ1) is 10.6. The molecule has 1 aromatic rings. The Morgan fingerprint density at radius 1 is 1.57 bits per heavy atom. The molecule has 0 spiro atoms. The van der Waals surface area contributed by atoms with Gasteiger partial charge in [-0.3, -0.25) is 0 Å². The maximum absolute atomic E-state index is 13.2. The maximum atomic E-state index is 13.2. The molecule has 0 amide bonds. The van der Waals surface area contributed by atoms with Gasteiger partial charge in [0, 0.05) is 10.6 Å². The van der Waals surface area contributed by atoms with Crippen molar-refractivity contribution in [3.63, 3.8) is 0 Å². The van der Waals surface area contributed by atoms with E-state index < -0.39 is 5.82 Å². The van der Waals surface area contributed by atoms with E-state index in [1.165, 1.54) is 25.1 Å². The molecular weight excluding hydrogens is 203 g/mol. The van der Waals surface area contributed by atoms with Crippen LogP contribution < -0.4 is 5.73 Å². The first-order valence-electron chi connectivity index (χ1n) is 3.88. The van der Waals surface area contributed by atoms with Gasteiger partial charge in [-0.25, -0.2) is 4.39 Å². The van der Waals surface area contributed by atoms with E-state index in [1.54, 1.807) is 0 Å². The zero-order valence-electron chi connectivity index (χ0n) is 7.51. The van der Waals surface area contributed by atoms with Crippen molar-refractivity contribution < 1.29 is 4.39 Å². The third kappa shape index (κ3) is 2.04. The molecule has 72 valence electrons. The van der Waals surface area contributed by atoms with Crippen molar-refractivity contribution in [2.24, 2.45) is 5.73 Å². The van der Waals surface area contributed by atoms with Crippen LogP contribution in [0, 0.1) is 17.1 Å². The highest BCUT2D eigenvalue weighted by Crippen LogP contribution is 2.21. The number of rotatable bonds is 1. The number of benzene rings is 1. The smallest absolute Gasteiger partial charge is 0.132 e. The van der Waals surface area contributed by atoms with E-state index in [0.717, 1.165) is 0 Å². The van der Waals surface area contributed by atoms with Gasteiger partial charge in [-0.1, -0.05) is 11.6 Å². The van der Waals surface area contributed by atoms with Crippen LogP contribution in [0.4, 0.5) is 4.39 Å². The molecule has 0 heterocycles. The van der Waals surface area contributed by atoms with E-state index in [9.17, 15) is 4.39 Å². The fraction of sp³-hybridized carbons (Fsp3) is 0.100. The van der Waals surface area contributed by atoms with Gasteiger partial charge in [-0.15, -0.1) is 0 Å². The number of hydrogen-bond acceptors (Lipinski definition) is 2. The molecule has 0 aliphatic carbocycles. The molecule has 2 N–H and O–H groups in total. The third-order valence-corrected chi connectivity index (χ3v) is 2.03. The molecule has 0 unspecified atom stereocenters. The normalized spacial score (nSPS) is 11.9.